The number of guanidine groups is 1. The number of sulfone groups is 1. The highest BCUT2D eigenvalue weighted by Gasteiger charge is 2.29. The summed E-state index contributed by atoms with van der Waals surface area (Å²) in [6.45, 7) is 4.43. The van der Waals surface area contributed by atoms with Crippen molar-refractivity contribution in [3.8, 4) is 0 Å². The van der Waals surface area contributed by atoms with Crippen molar-refractivity contribution in [2.24, 2.45) is 4.99 Å². The molecule has 0 aliphatic carbocycles. The number of halogens is 3. The van der Waals surface area contributed by atoms with E-state index in [0.29, 0.717) is 18.1 Å². The van der Waals surface area contributed by atoms with Gasteiger partial charge in [-0.05, 0) is 24.6 Å². The molecule has 136 valence electrons. The second-order valence-electron chi connectivity index (χ2n) is 5.05. The molecule has 0 fully saturated rings. The van der Waals surface area contributed by atoms with Gasteiger partial charge in [0, 0.05) is 18.8 Å². The van der Waals surface area contributed by atoms with Gasteiger partial charge in [0.1, 0.15) is 0 Å². The highest BCUT2D eigenvalue weighted by Crippen LogP contribution is 2.29. The predicted molar refractivity (Wildman–Crippen MR) is 88.6 cm³/mol. The third-order valence-corrected chi connectivity index (χ3v) is 4.90. The first-order valence-electron chi connectivity index (χ1n) is 7.56. The van der Waals surface area contributed by atoms with Crippen molar-refractivity contribution < 1.29 is 21.6 Å². The van der Waals surface area contributed by atoms with Crippen LogP contribution in [0.5, 0.6) is 0 Å². The fourth-order valence-electron chi connectivity index (χ4n) is 1.78. The third kappa shape index (κ3) is 7.20. The Labute approximate surface area is 140 Å². The van der Waals surface area contributed by atoms with Gasteiger partial charge in [-0.15, -0.1) is 0 Å². The van der Waals surface area contributed by atoms with Crippen LogP contribution in [0.1, 0.15) is 25.0 Å². The maximum absolute atomic E-state index is 12.5. The summed E-state index contributed by atoms with van der Waals surface area (Å²) < 4.78 is 60.4. The van der Waals surface area contributed by atoms with Crippen LogP contribution >= 0.6 is 0 Å². The standard InChI is InChI=1S/C15H22F3N3O2S/c1-3-19-14(20-9-10-24(22,23)4-2)21-11-12-5-7-13(8-6-12)15(16,17)18/h5-8H,3-4,9-11H2,1-2H3,(H2,19,20,21). The minimum Gasteiger partial charge on any atom is -0.357 e. The van der Waals surface area contributed by atoms with Crippen molar-refractivity contribution in [1.82, 2.24) is 10.6 Å². The second-order valence-corrected chi connectivity index (χ2v) is 7.53. The molecule has 0 aliphatic heterocycles. The van der Waals surface area contributed by atoms with Crippen molar-refractivity contribution in [3.05, 3.63) is 35.4 Å². The van der Waals surface area contributed by atoms with Crippen LogP contribution in [0.15, 0.2) is 29.3 Å². The van der Waals surface area contributed by atoms with E-state index in [1.54, 1.807) is 6.92 Å². The van der Waals surface area contributed by atoms with Crippen LogP contribution in [-0.2, 0) is 22.6 Å². The number of benzene rings is 1. The van der Waals surface area contributed by atoms with E-state index in [1.807, 2.05) is 6.92 Å². The third-order valence-electron chi connectivity index (χ3n) is 3.19. The molecule has 0 bridgehead atoms. The summed E-state index contributed by atoms with van der Waals surface area (Å²) in [6.07, 6.45) is -4.36. The van der Waals surface area contributed by atoms with E-state index in [9.17, 15) is 21.6 Å². The van der Waals surface area contributed by atoms with Gasteiger partial charge in [0.15, 0.2) is 15.8 Å². The fourth-order valence-corrected chi connectivity index (χ4v) is 2.48. The Hall–Kier alpha value is -1.77. The number of hydrogen-bond acceptors (Lipinski definition) is 3. The average molecular weight is 365 g/mol. The smallest absolute Gasteiger partial charge is 0.357 e. The molecule has 0 radical (unpaired) electrons. The first kappa shape index (κ1) is 20.3. The van der Waals surface area contributed by atoms with E-state index in [0.717, 1.165) is 12.1 Å². The van der Waals surface area contributed by atoms with E-state index >= 15 is 0 Å². The van der Waals surface area contributed by atoms with E-state index < -0.39 is 21.6 Å². The number of aliphatic imine (C=N–C) groups is 1. The molecule has 1 aromatic carbocycles. The van der Waals surface area contributed by atoms with Gasteiger partial charge in [0.25, 0.3) is 0 Å². The molecule has 0 saturated carbocycles. The maximum Gasteiger partial charge on any atom is 0.416 e. The van der Waals surface area contributed by atoms with Crippen LogP contribution in [0.25, 0.3) is 0 Å². The molecule has 0 amide bonds. The Bertz CT molecular complexity index is 641. The van der Waals surface area contributed by atoms with Gasteiger partial charge in [-0.3, -0.25) is 0 Å². The average Bonchev–Trinajstić information content (AvgIpc) is 2.52. The fraction of sp³-hybridized carbons (Fsp3) is 0.533. The maximum atomic E-state index is 12.5. The number of alkyl halides is 3. The molecule has 0 saturated heterocycles. The first-order chi connectivity index (χ1) is 11.2. The Morgan fingerprint density at radius 2 is 1.75 bits per heavy atom. The zero-order valence-electron chi connectivity index (χ0n) is 13.7. The quantitative estimate of drug-likeness (QED) is 0.574. The molecular weight excluding hydrogens is 343 g/mol. The van der Waals surface area contributed by atoms with Crippen molar-refractivity contribution in [2.45, 2.75) is 26.6 Å². The van der Waals surface area contributed by atoms with Gasteiger partial charge < -0.3 is 10.6 Å². The van der Waals surface area contributed by atoms with Crippen molar-refractivity contribution >= 4 is 15.8 Å². The molecule has 1 rings (SSSR count). The van der Waals surface area contributed by atoms with Crippen LogP contribution in [0.3, 0.4) is 0 Å². The largest absolute Gasteiger partial charge is 0.416 e. The molecule has 0 unspecified atom stereocenters. The molecule has 0 aromatic heterocycles. The van der Waals surface area contributed by atoms with Gasteiger partial charge in [-0.1, -0.05) is 19.1 Å². The summed E-state index contributed by atoms with van der Waals surface area (Å²) in [5.74, 6) is 0.492. The normalized spacial score (nSPS) is 13.0. The zero-order chi connectivity index (χ0) is 18.2. The van der Waals surface area contributed by atoms with E-state index in [-0.39, 0.29) is 24.6 Å². The summed E-state index contributed by atoms with van der Waals surface area (Å²) in [6, 6.07) is 4.77. The summed E-state index contributed by atoms with van der Waals surface area (Å²) in [4.78, 5) is 4.24. The molecule has 0 atom stereocenters. The summed E-state index contributed by atoms with van der Waals surface area (Å²) >= 11 is 0. The molecule has 0 spiro atoms. The van der Waals surface area contributed by atoms with E-state index in [4.69, 9.17) is 0 Å². The zero-order valence-corrected chi connectivity index (χ0v) is 14.5. The Morgan fingerprint density at radius 1 is 1.12 bits per heavy atom. The SMILES string of the molecule is CCNC(=NCc1ccc(C(F)(F)F)cc1)NCCS(=O)(=O)CC. The molecule has 5 nitrogen and oxygen atoms in total. The lowest BCUT2D eigenvalue weighted by Crippen LogP contribution is -2.39. The van der Waals surface area contributed by atoms with Crippen LogP contribution in [-0.4, -0.2) is 39.0 Å². The van der Waals surface area contributed by atoms with Gasteiger partial charge in [-0.25, -0.2) is 13.4 Å². The first-order valence-corrected chi connectivity index (χ1v) is 9.39. The molecule has 2 N–H and O–H groups in total. The van der Waals surface area contributed by atoms with Gasteiger partial charge in [0.2, 0.25) is 0 Å². The highest BCUT2D eigenvalue weighted by molar-refractivity contribution is 7.91. The summed E-state index contributed by atoms with van der Waals surface area (Å²) in [5, 5.41) is 5.85. The molecule has 0 aliphatic rings. The number of rotatable bonds is 7. The van der Waals surface area contributed by atoms with E-state index in [1.165, 1.54) is 12.1 Å². The lowest BCUT2D eigenvalue weighted by molar-refractivity contribution is -0.137. The van der Waals surface area contributed by atoms with Gasteiger partial charge >= 0.3 is 6.18 Å². The predicted octanol–water partition coefficient (Wildman–Crippen LogP) is 2.20. The summed E-state index contributed by atoms with van der Waals surface area (Å²) in [7, 11) is -3.07. The molecule has 9 heteroatoms. The van der Waals surface area contributed by atoms with Crippen LogP contribution < -0.4 is 10.6 Å². The second kappa shape index (κ2) is 8.91. The van der Waals surface area contributed by atoms with Gasteiger partial charge in [-0.2, -0.15) is 13.2 Å². The monoisotopic (exact) mass is 365 g/mol. The topological polar surface area (TPSA) is 70.6 Å². The number of nitrogens with zero attached hydrogens (tertiary/aromatic N) is 1. The number of nitrogens with one attached hydrogen (secondary N) is 2. The van der Waals surface area contributed by atoms with Crippen LogP contribution in [0.4, 0.5) is 13.2 Å². The van der Waals surface area contributed by atoms with Crippen molar-refractivity contribution in [3.63, 3.8) is 0 Å². The molecule has 0 heterocycles. The molecular formula is C15H22F3N3O2S. The summed E-state index contributed by atoms with van der Waals surface area (Å²) in [5.41, 5.74) is -0.0774. The van der Waals surface area contributed by atoms with E-state index in [2.05, 4.69) is 15.6 Å². The minimum absolute atomic E-state index is 0.00576. The van der Waals surface area contributed by atoms with Crippen molar-refractivity contribution in [1.29, 1.82) is 0 Å². The van der Waals surface area contributed by atoms with Crippen LogP contribution in [0.2, 0.25) is 0 Å². The highest BCUT2D eigenvalue weighted by atomic mass is 32.2. The Balaban J connectivity index is 2.65. The molecule has 1 aromatic rings. The minimum atomic E-state index is -4.36. The Morgan fingerprint density at radius 3 is 2.25 bits per heavy atom. The Kier molecular flexibility index (Phi) is 7.53. The number of hydrogen-bond donors (Lipinski definition) is 2. The lowest BCUT2D eigenvalue weighted by Gasteiger charge is -2.11. The van der Waals surface area contributed by atoms with Crippen molar-refractivity contribution in [2.75, 3.05) is 24.6 Å². The van der Waals surface area contributed by atoms with Crippen LogP contribution in [0, 0.1) is 0 Å². The molecule has 24 heavy (non-hydrogen) atoms. The van der Waals surface area contributed by atoms with Gasteiger partial charge in [0.05, 0.1) is 17.9 Å². The lowest BCUT2D eigenvalue weighted by atomic mass is 10.1.